The predicted octanol–water partition coefficient (Wildman–Crippen LogP) is 4.12. The number of fused-ring (bicyclic) bond motifs is 1. The molecule has 5 rings (SSSR count). The van der Waals surface area contributed by atoms with Crippen LogP contribution in [0.4, 0.5) is 19.0 Å². The van der Waals surface area contributed by atoms with Crippen molar-refractivity contribution in [2.75, 3.05) is 11.4 Å². The highest BCUT2D eigenvalue weighted by Crippen LogP contribution is 2.38. The van der Waals surface area contributed by atoms with Gasteiger partial charge in [0.15, 0.2) is 5.82 Å². The van der Waals surface area contributed by atoms with Crippen LogP contribution in [0.5, 0.6) is 0 Å². The summed E-state index contributed by atoms with van der Waals surface area (Å²) in [4.78, 5) is 33.5. The molecule has 1 aliphatic heterocycles. The van der Waals surface area contributed by atoms with E-state index in [-0.39, 0.29) is 6.04 Å². The van der Waals surface area contributed by atoms with Crippen LogP contribution in [0.25, 0.3) is 11.5 Å². The lowest BCUT2D eigenvalue weighted by Crippen LogP contribution is -2.35. The second-order valence-electron chi connectivity index (χ2n) is 7.85. The average Bonchev–Trinajstić information content (AvgIpc) is 3.51. The van der Waals surface area contributed by atoms with Gasteiger partial charge < -0.3 is 15.0 Å². The van der Waals surface area contributed by atoms with E-state index in [9.17, 15) is 13.2 Å². The average molecular weight is 460 g/mol. The Hall–Kier alpha value is -3.50. The van der Waals surface area contributed by atoms with E-state index in [1.54, 1.807) is 6.20 Å². The first-order valence-electron chi connectivity index (χ1n) is 10.7. The number of aliphatic carboxylic acids is 1. The molecule has 11 heteroatoms. The number of aryl methyl sites for hydroxylation is 1. The van der Waals surface area contributed by atoms with Crippen LogP contribution >= 0.6 is 0 Å². The first kappa shape index (κ1) is 22.7. The van der Waals surface area contributed by atoms with E-state index in [4.69, 9.17) is 19.9 Å². The van der Waals surface area contributed by atoms with Crippen LogP contribution in [0.15, 0.2) is 36.8 Å². The maximum Gasteiger partial charge on any atom is 0.490 e. The first-order chi connectivity index (χ1) is 15.8. The smallest absolute Gasteiger partial charge is 0.475 e. The summed E-state index contributed by atoms with van der Waals surface area (Å²) in [6.45, 7) is 1.01. The topological polar surface area (TPSA) is 108 Å². The number of hydrogen-bond acceptors (Lipinski definition) is 6. The van der Waals surface area contributed by atoms with Crippen LogP contribution in [-0.4, -0.2) is 48.7 Å². The monoisotopic (exact) mass is 460 g/mol. The number of carbonyl (C=O) groups is 1. The van der Waals surface area contributed by atoms with Gasteiger partial charge in [0.2, 0.25) is 0 Å². The van der Waals surface area contributed by atoms with Crippen LogP contribution in [0.3, 0.4) is 0 Å². The lowest BCUT2D eigenvalue weighted by molar-refractivity contribution is -0.192. The summed E-state index contributed by atoms with van der Waals surface area (Å²) >= 11 is 0. The van der Waals surface area contributed by atoms with Crippen LogP contribution in [0, 0.1) is 0 Å². The van der Waals surface area contributed by atoms with Crippen molar-refractivity contribution in [1.82, 2.24) is 24.9 Å². The zero-order chi connectivity index (χ0) is 23.4. The van der Waals surface area contributed by atoms with Gasteiger partial charge in [-0.1, -0.05) is 6.07 Å². The number of imidazole rings is 1. The maximum atomic E-state index is 10.6. The van der Waals surface area contributed by atoms with E-state index >= 15 is 0 Å². The van der Waals surface area contributed by atoms with Crippen molar-refractivity contribution in [1.29, 1.82) is 0 Å². The summed E-state index contributed by atoms with van der Waals surface area (Å²) in [5, 5.41) is 7.12. The van der Waals surface area contributed by atoms with Gasteiger partial charge in [-0.05, 0) is 50.7 Å². The van der Waals surface area contributed by atoms with E-state index < -0.39 is 12.1 Å². The maximum absolute atomic E-state index is 10.6. The highest BCUT2D eigenvalue weighted by Gasteiger charge is 2.38. The first-order valence-corrected chi connectivity index (χ1v) is 10.7. The largest absolute Gasteiger partial charge is 0.490 e. The van der Waals surface area contributed by atoms with Crippen molar-refractivity contribution in [3.8, 4) is 11.5 Å². The molecule has 0 aromatic carbocycles. The molecule has 1 aliphatic carbocycles. The molecule has 3 aromatic heterocycles. The van der Waals surface area contributed by atoms with Gasteiger partial charge in [0.05, 0.1) is 6.04 Å². The standard InChI is InChI=1S/C20H22N6.C2HF3O2/c1-3-10-21-16(7-1)18-24-15-8-5-6-14(15)20(25-18)26-13-4-2-9-17(26)19-22-11-12-23-19;3-2(4,5)1(6)7/h1,3,7,10-12,17H,2,4-6,8-9,13H2,(H,22,23);(H,6,7). The number of H-pyrrole nitrogens is 1. The van der Waals surface area contributed by atoms with E-state index in [2.05, 4.69) is 19.9 Å². The van der Waals surface area contributed by atoms with Gasteiger partial charge in [0.25, 0.3) is 0 Å². The van der Waals surface area contributed by atoms with Crippen LogP contribution in [0.1, 0.15) is 48.8 Å². The minimum absolute atomic E-state index is 0.259. The third-order valence-electron chi connectivity index (χ3n) is 5.66. The van der Waals surface area contributed by atoms with Crippen molar-refractivity contribution in [3.05, 3.63) is 53.9 Å². The van der Waals surface area contributed by atoms with Gasteiger partial charge in [0.1, 0.15) is 17.3 Å². The fourth-order valence-electron chi connectivity index (χ4n) is 4.19. The van der Waals surface area contributed by atoms with Crippen molar-refractivity contribution < 1.29 is 23.1 Å². The number of rotatable bonds is 3. The Morgan fingerprint density at radius 3 is 2.58 bits per heavy atom. The number of carboxylic acid groups (broad SMARTS) is 1. The molecule has 1 fully saturated rings. The zero-order valence-electron chi connectivity index (χ0n) is 17.7. The minimum atomic E-state index is -5.08. The van der Waals surface area contributed by atoms with E-state index in [0.29, 0.717) is 0 Å². The Kier molecular flexibility index (Phi) is 6.57. The summed E-state index contributed by atoms with van der Waals surface area (Å²) < 4.78 is 31.7. The van der Waals surface area contributed by atoms with Gasteiger partial charge in [-0.2, -0.15) is 13.2 Å². The third kappa shape index (κ3) is 5.12. The van der Waals surface area contributed by atoms with Gasteiger partial charge in [-0.3, -0.25) is 4.98 Å². The Bertz CT molecular complexity index is 1090. The number of halogens is 3. The number of alkyl halides is 3. The molecule has 0 bridgehead atoms. The number of aromatic amines is 1. The molecular weight excluding hydrogens is 437 g/mol. The summed E-state index contributed by atoms with van der Waals surface area (Å²) in [7, 11) is 0. The molecule has 8 nitrogen and oxygen atoms in total. The van der Waals surface area contributed by atoms with Crippen molar-refractivity contribution in [2.45, 2.75) is 50.7 Å². The number of nitrogens with one attached hydrogen (secondary N) is 1. The lowest BCUT2D eigenvalue weighted by Gasteiger charge is -2.36. The molecule has 174 valence electrons. The summed E-state index contributed by atoms with van der Waals surface area (Å²) in [5.74, 6) is 0.112. The van der Waals surface area contributed by atoms with E-state index in [0.717, 1.165) is 55.4 Å². The number of hydrogen-bond donors (Lipinski definition) is 2. The molecule has 0 saturated carbocycles. The van der Waals surface area contributed by atoms with Gasteiger partial charge in [0, 0.05) is 36.4 Å². The van der Waals surface area contributed by atoms with Gasteiger partial charge >= 0.3 is 12.1 Å². The predicted molar refractivity (Wildman–Crippen MR) is 114 cm³/mol. The minimum Gasteiger partial charge on any atom is -0.475 e. The molecule has 0 spiro atoms. The molecule has 1 saturated heterocycles. The molecule has 4 heterocycles. The number of aromatic nitrogens is 5. The molecule has 33 heavy (non-hydrogen) atoms. The molecule has 1 unspecified atom stereocenters. The van der Waals surface area contributed by atoms with Crippen molar-refractivity contribution >= 4 is 11.8 Å². The number of nitrogens with zero attached hydrogens (tertiary/aromatic N) is 5. The second-order valence-corrected chi connectivity index (χ2v) is 7.85. The Balaban J connectivity index is 0.000000325. The quantitative estimate of drug-likeness (QED) is 0.605. The Labute approximate surface area is 187 Å². The van der Waals surface area contributed by atoms with Crippen LogP contribution in [-0.2, 0) is 17.6 Å². The fraction of sp³-hybridized carbons (Fsp3) is 0.409. The van der Waals surface area contributed by atoms with E-state index in [1.807, 2.05) is 30.6 Å². The number of pyridine rings is 1. The molecule has 2 aliphatic rings. The Morgan fingerprint density at radius 2 is 1.91 bits per heavy atom. The Morgan fingerprint density at radius 1 is 1.09 bits per heavy atom. The third-order valence-corrected chi connectivity index (χ3v) is 5.66. The highest BCUT2D eigenvalue weighted by atomic mass is 19.4. The highest BCUT2D eigenvalue weighted by molar-refractivity contribution is 5.73. The SMILES string of the molecule is O=C(O)C(F)(F)F.c1ccc(-c2nc3c(c(N4CCCCC4c4ncc[nH]4)n2)CCC3)nc1. The van der Waals surface area contributed by atoms with Gasteiger partial charge in [-0.15, -0.1) is 0 Å². The summed E-state index contributed by atoms with van der Waals surface area (Å²) in [5.41, 5.74) is 3.36. The second kappa shape index (κ2) is 9.55. The zero-order valence-corrected chi connectivity index (χ0v) is 17.7. The summed E-state index contributed by atoms with van der Waals surface area (Å²) in [6, 6.07) is 6.16. The van der Waals surface area contributed by atoms with Crippen LogP contribution in [0.2, 0.25) is 0 Å². The lowest BCUT2D eigenvalue weighted by atomic mass is 10.0. The molecule has 0 amide bonds. The molecule has 2 N–H and O–H groups in total. The molecule has 3 aromatic rings. The molecular formula is C22H23F3N6O2. The fourth-order valence-corrected chi connectivity index (χ4v) is 4.19. The summed E-state index contributed by atoms with van der Waals surface area (Å²) in [6.07, 6.45) is 7.23. The molecule has 0 radical (unpaired) electrons. The van der Waals surface area contributed by atoms with Gasteiger partial charge in [-0.25, -0.2) is 19.7 Å². The number of piperidine rings is 1. The molecule has 1 atom stereocenters. The normalized spacial score (nSPS) is 17.8. The van der Waals surface area contributed by atoms with E-state index in [1.165, 1.54) is 24.1 Å². The van der Waals surface area contributed by atoms with Crippen LogP contribution < -0.4 is 4.90 Å². The number of carboxylic acids is 1. The van der Waals surface area contributed by atoms with Crippen molar-refractivity contribution in [2.24, 2.45) is 0 Å². The van der Waals surface area contributed by atoms with Crippen molar-refractivity contribution in [3.63, 3.8) is 0 Å². The number of anilines is 1.